The number of fused-ring (bicyclic) bond motifs is 1. The SMILES string of the molecule is Cc1ccc(S(=O)(=O)NC(Cc2c[nH]c3ccccc23)C(=O)N2CCOCC2)cc1. The number of para-hydroxylation sites is 1. The molecule has 158 valence electrons. The Morgan fingerprint density at radius 3 is 2.57 bits per heavy atom. The number of hydrogen-bond acceptors (Lipinski definition) is 4. The van der Waals surface area contributed by atoms with Gasteiger partial charge >= 0.3 is 0 Å². The standard InChI is InChI=1S/C22H25N3O4S/c1-16-6-8-18(9-7-16)30(27,28)24-21(22(26)25-10-12-29-13-11-25)14-17-15-23-20-5-3-2-4-19(17)20/h2-9,15,21,23-24H,10-14H2,1H3. The molecule has 0 radical (unpaired) electrons. The van der Waals surface area contributed by atoms with Crippen molar-refractivity contribution in [1.82, 2.24) is 14.6 Å². The molecule has 1 atom stereocenters. The zero-order valence-corrected chi connectivity index (χ0v) is 17.6. The van der Waals surface area contributed by atoms with Gasteiger partial charge in [-0.1, -0.05) is 35.9 Å². The molecular weight excluding hydrogens is 402 g/mol. The lowest BCUT2D eigenvalue weighted by Gasteiger charge is -2.30. The molecule has 2 heterocycles. The Morgan fingerprint density at radius 1 is 1.13 bits per heavy atom. The first kappa shape index (κ1) is 20.6. The summed E-state index contributed by atoms with van der Waals surface area (Å²) in [5, 5.41) is 0.979. The molecule has 1 unspecified atom stereocenters. The summed E-state index contributed by atoms with van der Waals surface area (Å²) in [6.45, 7) is 3.71. The van der Waals surface area contributed by atoms with Crippen LogP contribution in [-0.4, -0.2) is 56.6 Å². The Morgan fingerprint density at radius 2 is 1.83 bits per heavy atom. The second-order valence-electron chi connectivity index (χ2n) is 7.49. The minimum absolute atomic E-state index is 0.145. The quantitative estimate of drug-likeness (QED) is 0.631. The number of nitrogens with zero attached hydrogens (tertiary/aromatic N) is 1. The van der Waals surface area contributed by atoms with E-state index >= 15 is 0 Å². The van der Waals surface area contributed by atoms with Crippen LogP contribution in [0.1, 0.15) is 11.1 Å². The highest BCUT2D eigenvalue weighted by atomic mass is 32.2. The van der Waals surface area contributed by atoms with Crippen molar-refractivity contribution in [2.24, 2.45) is 0 Å². The number of aromatic nitrogens is 1. The molecule has 1 saturated heterocycles. The van der Waals surface area contributed by atoms with E-state index in [1.165, 1.54) is 0 Å². The number of carbonyl (C=O) groups excluding carboxylic acids is 1. The normalized spacial score (nSPS) is 16.0. The van der Waals surface area contributed by atoms with Crippen LogP contribution in [0, 0.1) is 6.92 Å². The summed E-state index contributed by atoms with van der Waals surface area (Å²) < 4.78 is 34.0. The van der Waals surface area contributed by atoms with Crippen LogP contribution in [-0.2, 0) is 26.0 Å². The molecule has 2 N–H and O–H groups in total. The molecule has 0 spiro atoms. The van der Waals surface area contributed by atoms with Crippen LogP contribution in [0.15, 0.2) is 59.6 Å². The minimum atomic E-state index is -3.86. The summed E-state index contributed by atoms with van der Waals surface area (Å²) in [4.78, 5) is 18.3. The molecule has 1 aliphatic rings. The van der Waals surface area contributed by atoms with E-state index < -0.39 is 16.1 Å². The predicted molar refractivity (Wildman–Crippen MR) is 115 cm³/mol. The molecule has 4 rings (SSSR count). The molecule has 1 amide bonds. The monoisotopic (exact) mass is 427 g/mol. The molecule has 7 nitrogen and oxygen atoms in total. The van der Waals surface area contributed by atoms with E-state index in [0.29, 0.717) is 26.3 Å². The largest absolute Gasteiger partial charge is 0.378 e. The zero-order chi connectivity index (χ0) is 21.1. The van der Waals surface area contributed by atoms with Crippen molar-refractivity contribution < 1.29 is 17.9 Å². The number of morpholine rings is 1. The van der Waals surface area contributed by atoms with Gasteiger partial charge in [-0.05, 0) is 37.1 Å². The lowest BCUT2D eigenvalue weighted by molar-refractivity contribution is -0.137. The van der Waals surface area contributed by atoms with Crippen LogP contribution >= 0.6 is 0 Å². The third kappa shape index (κ3) is 4.40. The van der Waals surface area contributed by atoms with E-state index in [0.717, 1.165) is 22.0 Å². The number of sulfonamides is 1. The number of H-pyrrole nitrogens is 1. The summed E-state index contributed by atoms with van der Waals surface area (Å²) in [6.07, 6.45) is 2.09. The third-order valence-electron chi connectivity index (χ3n) is 5.35. The molecule has 1 fully saturated rings. The van der Waals surface area contributed by atoms with Gasteiger partial charge in [-0.3, -0.25) is 4.79 Å². The van der Waals surface area contributed by atoms with Gasteiger partial charge in [0, 0.05) is 30.2 Å². The fourth-order valence-corrected chi connectivity index (χ4v) is 4.87. The molecule has 1 aliphatic heterocycles. The fourth-order valence-electron chi connectivity index (χ4n) is 3.68. The third-order valence-corrected chi connectivity index (χ3v) is 6.84. The number of amides is 1. The Labute approximate surface area is 176 Å². The van der Waals surface area contributed by atoms with Crippen LogP contribution in [0.5, 0.6) is 0 Å². The first-order chi connectivity index (χ1) is 14.4. The number of nitrogens with one attached hydrogen (secondary N) is 2. The second kappa shape index (κ2) is 8.59. The van der Waals surface area contributed by atoms with Crippen molar-refractivity contribution in [1.29, 1.82) is 0 Å². The van der Waals surface area contributed by atoms with Gasteiger partial charge in [0.2, 0.25) is 15.9 Å². The molecular formula is C22H25N3O4S. The van der Waals surface area contributed by atoms with E-state index in [4.69, 9.17) is 4.74 Å². The number of benzene rings is 2. The lowest BCUT2D eigenvalue weighted by atomic mass is 10.0. The summed E-state index contributed by atoms with van der Waals surface area (Å²) in [5.41, 5.74) is 2.81. The first-order valence-electron chi connectivity index (χ1n) is 9.94. The Bertz CT molecular complexity index is 1130. The summed E-state index contributed by atoms with van der Waals surface area (Å²) in [7, 11) is -3.86. The topological polar surface area (TPSA) is 91.5 Å². The minimum Gasteiger partial charge on any atom is -0.378 e. The van der Waals surface area contributed by atoms with Crippen molar-refractivity contribution in [2.45, 2.75) is 24.3 Å². The Balaban J connectivity index is 1.64. The highest BCUT2D eigenvalue weighted by Crippen LogP contribution is 2.21. The van der Waals surface area contributed by atoms with Gasteiger partial charge in [0.15, 0.2) is 0 Å². The molecule has 2 aromatic carbocycles. The molecule has 0 bridgehead atoms. The van der Waals surface area contributed by atoms with Gasteiger partial charge in [-0.25, -0.2) is 8.42 Å². The van der Waals surface area contributed by atoms with Crippen molar-refractivity contribution in [3.05, 3.63) is 65.9 Å². The first-order valence-corrected chi connectivity index (χ1v) is 11.4. The van der Waals surface area contributed by atoms with Crippen molar-refractivity contribution >= 4 is 26.8 Å². The van der Waals surface area contributed by atoms with Crippen LogP contribution < -0.4 is 4.72 Å². The predicted octanol–water partition coefficient (Wildman–Crippen LogP) is 2.22. The van der Waals surface area contributed by atoms with Crippen LogP contribution in [0.25, 0.3) is 10.9 Å². The van der Waals surface area contributed by atoms with E-state index in [2.05, 4.69) is 9.71 Å². The smallest absolute Gasteiger partial charge is 0.241 e. The number of aryl methyl sites for hydroxylation is 1. The Kier molecular flexibility index (Phi) is 5.90. The summed E-state index contributed by atoms with van der Waals surface area (Å²) in [5.74, 6) is -0.237. The van der Waals surface area contributed by atoms with Gasteiger partial charge in [-0.2, -0.15) is 4.72 Å². The number of carbonyl (C=O) groups is 1. The summed E-state index contributed by atoms with van der Waals surface area (Å²) >= 11 is 0. The maximum Gasteiger partial charge on any atom is 0.241 e. The number of ether oxygens (including phenoxy) is 1. The molecule has 30 heavy (non-hydrogen) atoms. The second-order valence-corrected chi connectivity index (χ2v) is 9.20. The highest BCUT2D eigenvalue weighted by Gasteiger charge is 2.31. The van der Waals surface area contributed by atoms with E-state index in [-0.39, 0.29) is 17.2 Å². The van der Waals surface area contributed by atoms with Crippen LogP contribution in [0.2, 0.25) is 0 Å². The lowest BCUT2D eigenvalue weighted by Crippen LogP contribution is -2.52. The highest BCUT2D eigenvalue weighted by molar-refractivity contribution is 7.89. The van der Waals surface area contributed by atoms with Crippen LogP contribution in [0.3, 0.4) is 0 Å². The number of hydrogen-bond donors (Lipinski definition) is 2. The van der Waals surface area contributed by atoms with E-state index in [1.807, 2.05) is 37.4 Å². The maximum atomic E-state index is 13.3. The average Bonchev–Trinajstić information content (AvgIpc) is 3.16. The van der Waals surface area contributed by atoms with Crippen molar-refractivity contribution in [3.63, 3.8) is 0 Å². The maximum absolute atomic E-state index is 13.3. The molecule has 0 aliphatic carbocycles. The van der Waals surface area contributed by atoms with Gasteiger partial charge in [-0.15, -0.1) is 0 Å². The van der Waals surface area contributed by atoms with Crippen LogP contribution in [0.4, 0.5) is 0 Å². The van der Waals surface area contributed by atoms with Gasteiger partial charge in [0.05, 0.1) is 18.1 Å². The number of aromatic amines is 1. The zero-order valence-electron chi connectivity index (χ0n) is 16.8. The van der Waals surface area contributed by atoms with Gasteiger partial charge < -0.3 is 14.6 Å². The number of rotatable bonds is 6. The Hall–Kier alpha value is -2.68. The van der Waals surface area contributed by atoms with Gasteiger partial charge in [0.25, 0.3) is 0 Å². The molecule has 8 heteroatoms. The van der Waals surface area contributed by atoms with E-state index in [1.54, 1.807) is 29.2 Å². The van der Waals surface area contributed by atoms with Crippen molar-refractivity contribution in [2.75, 3.05) is 26.3 Å². The molecule has 0 saturated carbocycles. The van der Waals surface area contributed by atoms with E-state index in [9.17, 15) is 13.2 Å². The van der Waals surface area contributed by atoms with Gasteiger partial charge in [0.1, 0.15) is 6.04 Å². The fraction of sp³-hybridized carbons (Fsp3) is 0.318. The molecule has 3 aromatic rings. The van der Waals surface area contributed by atoms with Crippen molar-refractivity contribution in [3.8, 4) is 0 Å². The average molecular weight is 428 g/mol. The summed E-state index contributed by atoms with van der Waals surface area (Å²) in [6, 6.07) is 13.5. The molecule has 1 aromatic heterocycles.